The number of H-pyrrole nitrogens is 1. The highest BCUT2D eigenvalue weighted by Crippen LogP contribution is 2.16. The summed E-state index contributed by atoms with van der Waals surface area (Å²) in [5.74, 6) is 0.933. The number of hydrogen-bond donors (Lipinski definition) is 2. The first-order valence-electron chi connectivity index (χ1n) is 6.10. The molecule has 17 heavy (non-hydrogen) atoms. The van der Waals surface area contributed by atoms with E-state index in [9.17, 15) is 0 Å². The van der Waals surface area contributed by atoms with E-state index in [1.807, 2.05) is 30.7 Å². The maximum atomic E-state index is 4.61. The van der Waals surface area contributed by atoms with E-state index in [1.54, 1.807) is 0 Å². The Morgan fingerprint density at radius 2 is 2.35 bits per heavy atom. The number of aromatic nitrogens is 3. The van der Waals surface area contributed by atoms with Crippen LogP contribution in [-0.4, -0.2) is 27.5 Å². The van der Waals surface area contributed by atoms with E-state index >= 15 is 0 Å². The third-order valence-corrected chi connectivity index (χ3v) is 3.19. The second-order valence-corrected chi connectivity index (χ2v) is 4.46. The Bertz CT molecular complexity index is 472. The molecule has 88 valence electrons. The summed E-state index contributed by atoms with van der Waals surface area (Å²) in [5, 5.41) is 3.47. The second kappa shape index (κ2) is 4.67. The van der Waals surface area contributed by atoms with Gasteiger partial charge in [0.25, 0.3) is 0 Å². The molecule has 3 heterocycles. The van der Waals surface area contributed by atoms with Gasteiger partial charge < -0.3 is 10.3 Å². The van der Waals surface area contributed by atoms with E-state index in [-0.39, 0.29) is 0 Å². The van der Waals surface area contributed by atoms with E-state index in [0.29, 0.717) is 6.04 Å². The quantitative estimate of drug-likeness (QED) is 0.841. The topological polar surface area (TPSA) is 53.6 Å². The van der Waals surface area contributed by atoms with Crippen molar-refractivity contribution in [1.82, 2.24) is 20.3 Å². The normalized spacial score (nSPS) is 19.6. The van der Waals surface area contributed by atoms with Crippen molar-refractivity contribution < 1.29 is 0 Å². The Kier molecular flexibility index (Phi) is 2.88. The van der Waals surface area contributed by atoms with Gasteiger partial charge in [0.05, 0.1) is 5.69 Å². The van der Waals surface area contributed by atoms with Crippen molar-refractivity contribution in [2.45, 2.75) is 25.3 Å². The lowest BCUT2D eigenvalue weighted by atomic mass is 10.1. The lowest BCUT2D eigenvalue weighted by molar-refractivity contribution is 0.585. The Labute approximate surface area is 101 Å². The van der Waals surface area contributed by atoms with Crippen LogP contribution in [0.4, 0.5) is 0 Å². The average Bonchev–Trinajstić information content (AvgIpc) is 3.01. The summed E-state index contributed by atoms with van der Waals surface area (Å²) in [7, 11) is 0. The summed E-state index contributed by atoms with van der Waals surface area (Å²) in [6, 6.07) is 4.53. The molecule has 3 rings (SSSR count). The van der Waals surface area contributed by atoms with Crippen molar-refractivity contribution in [2.24, 2.45) is 0 Å². The van der Waals surface area contributed by atoms with Gasteiger partial charge in [-0.15, -0.1) is 0 Å². The minimum absolute atomic E-state index is 0.552. The van der Waals surface area contributed by atoms with Crippen molar-refractivity contribution in [3.05, 3.63) is 36.5 Å². The van der Waals surface area contributed by atoms with Gasteiger partial charge in [-0.1, -0.05) is 0 Å². The smallest absolute Gasteiger partial charge is 0.130 e. The Morgan fingerprint density at radius 3 is 3.12 bits per heavy atom. The molecule has 0 spiro atoms. The van der Waals surface area contributed by atoms with Crippen LogP contribution >= 0.6 is 0 Å². The highest BCUT2D eigenvalue weighted by molar-refractivity contribution is 5.57. The molecule has 0 bridgehead atoms. The van der Waals surface area contributed by atoms with E-state index in [0.717, 1.165) is 30.0 Å². The van der Waals surface area contributed by atoms with Crippen LogP contribution in [-0.2, 0) is 6.42 Å². The van der Waals surface area contributed by atoms with Crippen molar-refractivity contribution in [2.75, 3.05) is 6.54 Å². The molecule has 1 atom stereocenters. The largest absolute Gasteiger partial charge is 0.367 e. The zero-order valence-electron chi connectivity index (χ0n) is 9.69. The minimum Gasteiger partial charge on any atom is -0.367 e. The fourth-order valence-corrected chi connectivity index (χ4v) is 2.29. The fraction of sp³-hybridized carbons (Fsp3) is 0.385. The zero-order chi connectivity index (χ0) is 11.5. The Morgan fingerprint density at radius 1 is 1.35 bits per heavy atom. The molecule has 0 aromatic carbocycles. The van der Waals surface area contributed by atoms with Crippen molar-refractivity contribution in [3.8, 4) is 11.3 Å². The van der Waals surface area contributed by atoms with E-state index < -0.39 is 0 Å². The van der Waals surface area contributed by atoms with Gasteiger partial charge in [0.2, 0.25) is 0 Å². The molecular formula is C13H16N4. The highest BCUT2D eigenvalue weighted by Gasteiger charge is 2.15. The predicted molar refractivity (Wildman–Crippen MR) is 66.5 cm³/mol. The van der Waals surface area contributed by atoms with Crippen molar-refractivity contribution in [1.29, 1.82) is 0 Å². The Hall–Kier alpha value is -1.68. The van der Waals surface area contributed by atoms with Crippen LogP contribution in [0.2, 0.25) is 0 Å². The summed E-state index contributed by atoms with van der Waals surface area (Å²) >= 11 is 0. The fourth-order valence-electron chi connectivity index (χ4n) is 2.29. The van der Waals surface area contributed by atoms with Gasteiger partial charge >= 0.3 is 0 Å². The molecule has 0 aliphatic carbocycles. The first-order chi connectivity index (χ1) is 8.42. The lowest BCUT2D eigenvalue weighted by Gasteiger charge is -2.08. The predicted octanol–water partition coefficient (Wildman–Crippen LogP) is 1.77. The number of nitrogens with zero attached hydrogens (tertiary/aromatic N) is 2. The van der Waals surface area contributed by atoms with Crippen LogP contribution in [0, 0.1) is 0 Å². The van der Waals surface area contributed by atoms with Crippen LogP contribution in [0.3, 0.4) is 0 Å². The van der Waals surface area contributed by atoms with E-state index in [4.69, 9.17) is 0 Å². The third kappa shape index (κ3) is 2.36. The molecular weight excluding hydrogens is 212 g/mol. The van der Waals surface area contributed by atoms with Crippen LogP contribution in [0.25, 0.3) is 11.3 Å². The summed E-state index contributed by atoms with van der Waals surface area (Å²) in [5.41, 5.74) is 2.11. The van der Waals surface area contributed by atoms with Gasteiger partial charge in [0.1, 0.15) is 5.82 Å². The summed E-state index contributed by atoms with van der Waals surface area (Å²) in [4.78, 5) is 12.0. The van der Waals surface area contributed by atoms with Crippen LogP contribution in [0.1, 0.15) is 18.7 Å². The molecule has 1 unspecified atom stereocenters. The molecule has 4 heteroatoms. The molecule has 2 N–H and O–H groups in total. The van der Waals surface area contributed by atoms with E-state index in [1.165, 1.54) is 12.8 Å². The van der Waals surface area contributed by atoms with Gasteiger partial charge in [0, 0.05) is 36.6 Å². The highest BCUT2D eigenvalue weighted by atomic mass is 15.0. The van der Waals surface area contributed by atoms with Gasteiger partial charge in [-0.25, -0.2) is 9.97 Å². The van der Waals surface area contributed by atoms with Gasteiger partial charge in [-0.3, -0.25) is 0 Å². The van der Waals surface area contributed by atoms with Crippen LogP contribution < -0.4 is 5.32 Å². The monoisotopic (exact) mass is 228 g/mol. The number of nitrogens with one attached hydrogen (secondary N) is 2. The molecule has 0 saturated carbocycles. The summed E-state index contributed by atoms with van der Waals surface area (Å²) in [6.07, 6.45) is 9.15. The number of aromatic amines is 1. The zero-order valence-corrected chi connectivity index (χ0v) is 9.69. The number of hydrogen-bond acceptors (Lipinski definition) is 3. The maximum absolute atomic E-state index is 4.61. The van der Waals surface area contributed by atoms with Gasteiger partial charge in [0.15, 0.2) is 0 Å². The molecule has 2 aromatic heterocycles. The standard InChI is InChI=1S/C13H16N4/c1-2-11(15-5-1)8-13-16-7-4-12(17-13)10-3-6-14-9-10/h3-4,6-7,9,11,14-15H,1-2,5,8H2. The van der Waals surface area contributed by atoms with Crippen LogP contribution in [0.5, 0.6) is 0 Å². The number of rotatable bonds is 3. The second-order valence-electron chi connectivity index (χ2n) is 4.46. The molecule has 2 aromatic rings. The van der Waals surface area contributed by atoms with Gasteiger partial charge in [-0.2, -0.15) is 0 Å². The third-order valence-electron chi connectivity index (χ3n) is 3.19. The molecule has 1 aliphatic heterocycles. The molecule has 4 nitrogen and oxygen atoms in total. The molecule has 0 amide bonds. The SMILES string of the molecule is c1cc(-c2cc[nH]c2)nc(CC2CCCN2)n1. The van der Waals surface area contributed by atoms with Crippen molar-refractivity contribution >= 4 is 0 Å². The average molecular weight is 228 g/mol. The molecule has 1 aliphatic rings. The Balaban J connectivity index is 1.79. The minimum atomic E-state index is 0.552. The van der Waals surface area contributed by atoms with Crippen molar-refractivity contribution in [3.63, 3.8) is 0 Å². The maximum Gasteiger partial charge on any atom is 0.130 e. The first-order valence-corrected chi connectivity index (χ1v) is 6.10. The first kappa shape index (κ1) is 10.5. The summed E-state index contributed by atoms with van der Waals surface area (Å²) < 4.78 is 0. The van der Waals surface area contributed by atoms with E-state index in [2.05, 4.69) is 20.3 Å². The summed E-state index contributed by atoms with van der Waals surface area (Å²) in [6.45, 7) is 1.13. The lowest BCUT2D eigenvalue weighted by Crippen LogP contribution is -2.24. The van der Waals surface area contributed by atoms with Gasteiger partial charge in [-0.05, 0) is 31.5 Å². The van der Waals surface area contributed by atoms with Crippen LogP contribution in [0.15, 0.2) is 30.7 Å². The molecule has 1 saturated heterocycles. The molecule has 1 fully saturated rings. The molecule has 0 radical (unpaired) electrons.